The molecule has 202 valence electrons. The monoisotopic (exact) mass is 530 g/mol. The Morgan fingerprint density at radius 1 is 0.974 bits per heavy atom. The zero-order chi connectivity index (χ0) is 26.9. The van der Waals surface area contributed by atoms with Gasteiger partial charge in [0, 0.05) is 55.4 Å². The van der Waals surface area contributed by atoms with Gasteiger partial charge in [-0.3, -0.25) is 4.90 Å². The molecule has 2 atom stereocenters. The van der Waals surface area contributed by atoms with Crippen LogP contribution in [0.3, 0.4) is 0 Å². The molecule has 1 N–H and O–H groups in total. The van der Waals surface area contributed by atoms with Crippen molar-refractivity contribution >= 4 is 22.8 Å². The molecule has 1 aliphatic carbocycles. The first-order chi connectivity index (χ1) is 18.8. The minimum absolute atomic E-state index is 0.0430. The fourth-order valence-corrected chi connectivity index (χ4v) is 6.25. The van der Waals surface area contributed by atoms with Crippen molar-refractivity contribution < 1.29 is 8.78 Å². The maximum absolute atomic E-state index is 15.1. The number of aryl methyl sites for hydroxylation is 1. The van der Waals surface area contributed by atoms with E-state index in [0.717, 1.165) is 62.9 Å². The quantitative estimate of drug-likeness (QED) is 0.395. The molecule has 4 aromatic rings. The highest BCUT2D eigenvalue weighted by molar-refractivity contribution is 5.83. The first kappa shape index (κ1) is 24.5. The molecule has 2 fully saturated rings. The van der Waals surface area contributed by atoms with Crippen LogP contribution in [-0.4, -0.2) is 66.5 Å². The van der Waals surface area contributed by atoms with Crippen LogP contribution < -0.4 is 5.32 Å². The van der Waals surface area contributed by atoms with Gasteiger partial charge in [-0.15, -0.1) is 0 Å². The Morgan fingerprint density at radius 3 is 2.59 bits per heavy atom. The number of piperazine rings is 1. The molecule has 2 aliphatic heterocycles. The molecule has 3 aliphatic rings. The molecule has 1 aromatic carbocycles. The van der Waals surface area contributed by atoms with Crippen LogP contribution in [0.4, 0.5) is 20.5 Å². The third kappa shape index (κ3) is 4.26. The van der Waals surface area contributed by atoms with Gasteiger partial charge in [0.15, 0.2) is 11.6 Å². The van der Waals surface area contributed by atoms with Crippen LogP contribution in [0, 0.1) is 11.6 Å². The van der Waals surface area contributed by atoms with Gasteiger partial charge in [-0.2, -0.15) is 0 Å². The zero-order valence-electron chi connectivity index (χ0n) is 22.5. The van der Waals surface area contributed by atoms with E-state index in [1.54, 1.807) is 0 Å². The van der Waals surface area contributed by atoms with Gasteiger partial charge in [0.25, 0.3) is 0 Å². The summed E-state index contributed by atoms with van der Waals surface area (Å²) in [5.41, 5.74) is 2.65. The highest BCUT2D eigenvalue weighted by Crippen LogP contribution is 2.53. The van der Waals surface area contributed by atoms with Crippen LogP contribution in [0.15, 0.2) is 36.7 Å². The lowest BCUT2D eigenvalue weighted by Crippen LogP contribution is -2.54. The molecule has 1 saturated carbocycles. The number of anilines is 2. The number of pyridine rings is 1. The fraction of sp³-hybridized carbons (Fsp3) is 0.448. The topological polar surface area (TPSA) is 75.0 Å². The normalized spacial score (nSPS) is 22.5. The minimum atomic E-state index is -0.611. The molecular weight excluding hydrogens is 498 g/mol. The highest BCUT2D eigenvalue weighted by Gasteiger charge is 2.50. The van der Waals surface area contributed by atoms with Crippen molar-refractivity contribution in [2.75, 3.05) is 25.5 Å². The molecule has 0 bridgehead atoms. The van der Waals surface area contributed by atoms with E-state index < -0.39 is 11.6 Å². The Bertz CT molecular complexity index is 1560. The minimum Gasteiger partial charge on any atom is -0.322 e. The second-order valence-electron chi connectivity index (χ2n) is 11.5. The van der Waals surface area contributed by atoms with E-state index in [0.29, 0.717) is 34.5 Å². The standard InChI is InChI=1S/C29H32F2N8/c1-17-15-38(18(2)14-37(17)3)16-19-4-5-24(32-12-19)34-28-33-13-22(31)26(36-28)20-10-21(30)27-23(11-20)39-25(35-27)6-7-29(39)8-9-29/h4-5,10-13,17-18H,6-9,14-16H2,1-3H3,(H,32,33,34,36)/t17-,18-/m0/s1. The van der Waals surface area contributed by atoms with E-state index in [2.05, 4.69) is 60.5 Å². The first-order valence-electron chi connectivity index (χ1n) is 13.7. The van der Waals surface area contributed by atoms with Crippen LogP contribution in [0.1, 0.15) is 44.5 Å². The van der Waals surface area contributed by atoms with Gasteiger partial charge in [-0.25, -0.2) is 28.7 Å². The summed E-state index contributed by atoms with van der Waals surface area (Å²) in [7, 11) is 2.17. The van der Waals surface area contributed by atoms with E-state index in [1.165, 1.54) is 6.07 Å². The number of hydrogen-bond acceptors (Lipinski definition) is 7. The van der Waals surface area contributed by atoms with E-state index in [-0.39, 0.29) is 17.2 Å². The maximum Gasteiger partial charge on any atom is 0.229 e. The molecule has 10 heteroatoms. The van der Waals surface area contributed by atoms with Crippen LogP contribution in [-0.2, 0) is 18.5 Å². The number of fused-ring (bicyclic) bond motifs is 4. The Balaban J connectivity index is 1.12. The van der Waals surface area contributed by atoms with E-state index in [1.807, 2.05) is 24.4 Å². The number of aromatic nitrogens is 5. The number of rotatable bonds is 5. The maximum atomic E-state index is 15.1. The number of nitrogens with zero attached hydrogens (tertiary/aromatic N) is 7. The molecule has 1 saturated heterocycles. The summed E-state index contributed by atoms with van der Waals surface area (Å²) in [5, 5.41) is 3.07. The van der Waals surface area contributed by atoms with Gasteiger partial charge >= 0.3 is 0 Å². The van der Waals surface area contributed by atoms with Crippen molar-refractivity contribution in [1.82, 2.24) is 34.3 Å². The molecule has 0 unspecified atom stereocenters. The summed E-state index contributed by atoms with van der Waals surface area (Å²) < 4.78 is 32.2. The van der Waals surface area contributed by atoms with Crippen molar-refractivity contribution in [3.8, 4) is 11.3 Å². The molecule has 39 heavy (non-hydrogen) atoms. The second-order valence-corrected chi connectivity index (χ2v) is 11.5. The summed E-state index contributed by atoms with van der Waals surface area (Å²) in [4.78, 5) is 22.5. The van der Waals surface area contributed by atoms with Crippen molar-refractivity contribution in [3.63, 3.8) is 0 Å². The molecular formula is C29H32F2N8. The largest absolute Gasteiger partial charge is 0.322 e. The number of hydrogen-bond donors (Lipinski definition) is 1. The van der Waals surface area contributed by atoms with Gasteiger partial charge < -0.3 is 14.8 Å². The predicted molar refractivity (Wildman–Crippen MR) is 146 cm³/mol. The SMILES string of the molecule is C[C@H]1CN(Cc2ccc(Nc3ncc(F)c(-c4cc(F)c5nc6n(c5c4)C4(CC6)CC4)n3)nc2)[C@@H](C)CN1C. The predicted octanol–water partition coefficient (Wildman–Crippen LogP) is 4.87. The van der Waals surface area contributed by atoms with Gasteiger partial charge in [-0.05, 0) is 63.9 Å². The van der Waals surface area contributed by atoms with Crippen LogP contribution >= 0.6 is 0 Å². The van der Waals surface area contributed by atoms with Crippen LogP contribution in [0.2, 0.25) is 0 Å². The van der Waals surface area contributed by atoms with Crippen LogP contribution in [0.25, 0.3) is 22.3 Å². The Kier molecular flexibility index (Phi) is 5.68. The number of nitrogens with one attached hydrogen (secondary N) is 1. The van der Waals surface area contributed by atoms with Crippen molar-refractivity contribution in [3.05, 3.63) is 59.7 Å². The molecule has 3 aromatic heterocycles. The smallest absolute Gasteiger partial charge is 0.229 e. The summed E-state index contributed by atoms with van der Waals surface area (Å²) >= 11 is 0. The fourth-order valence-electron chi connectivity index (χ4n) is 6.25. The molecule has 7 rings (SSSR count). The average Bonchev–Trinajstić information content (AvgIpc) is 3.47. The van der Waals surface area contributed by atoms with E-state index in [9.17, 15) is 4.39 Å². The Labute approximate surface area is 226 Å². The third-order valence-electron chi connectivity index (χ3n) is 8.79. The van der Waals surface area contributed by atoms with Crippen molar-refractivity contribution in [2.24, 2.45) is 0 Å². The molecule has 5 heterocycles. The van der Waals surface area contributed by atoms with Gasteiger partial charge in [0.2, 0.25) is 5.95 Å². The third-order valence-corrected chi connectivity index (χ3v) is 8.79. The number of halogens is 2. The molecule has 0 amide bonds. The van der Waals surface area contributed by atoms with Crippen LogP contribution in [0.5, 0.6) is 0 Å². The Morgan fingerprint density at radius 2 is 1.82 bits per heavy atom. The second kappa shape index (κ2) is 9.02. The number of likely N-dealkylation sites (N-methyl/N-ethyl adjacent to an activating group) is 1. The summed E-state index contributed by atoms with van der Waals surface area (Å²) in [6.07, 6.45) is 6.99. The summed E-state index contributed by atoms with van der Waals surface area (Å²) in [5.74, 6) is 0.595. The van der Waals surface area contributed by atoms with Gasteiger partial charge in [-0.1, -0.05) is 6.07 Å². The number of imidazole rings is 1. The average molecular weight is 531 g/mol. The van der Waals surface area contributed by atoms with Gasteiger partial charge in [0.1, 0.15) is 22.9 Å². The number of benzene rings is 1. The lowest BCUT2D eigenvalue weighted by Gasteiger charge is -2.42. The molecule has 0 radical (unpaired) electrons. The first-order valence-corrected chi connectivity index (χ1v) is 13.7. The summed E-state index contributed by atoms with van der Waals surface area (Å²) in [6.45, 7) is 7.39. The molecule has 8 nitrogen and oxygen atoms in total. The van der Waals surface area contributed by atoms with Gasteiger partial charge in [0.05, 0.1) is 11.7 Å². The zero-order valence-corrected chi connectivity index (χ0v) is 22.5. The molecule has 1 spiro atoms. The lowest BCUT2D eigenvalue weighted by atomic mass is 10.1. The lowest BCUT2D eigenvalue weighted by molar-refractivity contribution is 0.0545. The Hall–Kier alpha value is -3.50. The highest BCUT2D eigenvalue weighted by atomic mass is 19.1. The van der Waals surface area contributed by atoms with E-state index in [4.69, 9.17) is 0 Å². The van der Waals surface area contributed by atoms with Crippen molar-refractivity contribution in [1.29, 1.82) is 0 Å². The summed E-state index contributed by atoms with van der Waals surface area (Å²) in [6, 6.07) is 8.02. The van der Waals surface area contributed by atoms with E-state index >= 15 is 4.39 Å². The van der Waals surface area contributed by atoms with Crippen molar-refractivity contribution in [2.45, 2.75) is 63.7 Å².